The Morgan fingerprint density at radius 3 is 2.39 bits per heavy atom. The molecule has 2 rings (SSSR count). The van der Waals surface area contributed by atoms with Gasteiger partial charge < -0.3 is 9.16 Å². The SMILES string of the molecule is CCOC(=O)c1c(CC)nc2c(c1I)C(O[Si](C)(C)C(C)(C)C)CC(C)(C)C2. The van der Waals surface area contributed by atoms with Gasteiger partial charge in [-0.25, -0.2) is 4.79 Å². The zero-order chi connectivity index (χ0) is 21.5. The Balaban J connectivity index is 2.65. The van der Waals surface area contributed by atoms with Crippen LogP contribution >= 0.6 is 22.6 Å². The van der Waals surface area contributed by atoms with Gasteiger partial charge in [0.2, 0.25) is 0 Å². The van der Waals surface area contributed by atoms with Crippen LogP contribution in [-0.4, -0.2) is 25.9 Å². The number of pyridine rings is 1. The lowest BCUT2D eigenvalue weighted by molar-refractivity contribution is 0.0521. The van der Waals surface area contributed by atoms with E-state index < -0.39 is 8.32 Å². The highest BCUT2D eigenvalue weighted by molar-refractivity contribution is 14.1. The smallest absolute Gasteiger partial charge is 0.341 e. The van der Waals surface area contributed by atoms with Crippen molar-refractivity contribution in [2.75, 3.05) is 6.61 Å². The molecular weight excluding hydrogens is 481 g/mol. The zero-order valence-electron chi connectivity index (χ0n) is 19.0. The van der Waals surface area contributed by atoms with Crippen LogP contribution in [-0.2, 0) is 22.0 Å². The number of aryl methyl sites for hydroxylation is 1. The fourth-order valence-electron chi connectivity index (χ4n) is 3.56. The molecule has 1 heterocycles. The first kappa shape index (κ1) is 23.8. The molecule has 0 fully saturated rings. The summed E-state index contributed by atoms with van der Waals surface area (Å²) in [6, 6.07) is 0. The molecule has 4 nitrogen and oxygen atoms in total. The van der Waals surface area contributed by atoms with Gasteiger partial charge in [0.25, 0.3) is 0 Å². The number of hydrogen-bond acceptors (Lipinski definition) is 4. The molecule has 1 aliphatic rings. The summed E-state index contributed by atoms with van der Waals surface area (Å²) in [7, 11) is -1.98. The van der Waals surface area contributed by atoms with Crippen molar-refractivity contribution in [3.8, 4) is 0 Å². The maximum atomic E-state index is 12.7. The zero-order valence-corrected chi connectivity index (χ0v) is 22.1. The van der Waals surface area contributed by atoms with Gasteiger partial charge in [-0.2, -0.15) is 0 Å². The molecular formula is C22H36INO3Si. The van der Waals surface area contributed by atoms with Crippen LogP contribution in [0.2, 0.25) is 18.1 Å². The molecule has 1 atom stereocenters. The highest BCUT2D eigenvalue weighted by atomic mass is 127. The number of esters is 1. The van der Waals surface area contributed by atoms with Gasteiger partial charge in [0.05, 0.1) is 24.0 Å². The van der Waals surface area contributed by atoms with Crippen molar-refractivity contribution in [2.24, 2.45) is 5.41 Å². The number of nitrogens with zero attached hydrogens (tertiary/aromatic N) is 1. The van der Waals surface area contributed by atoms with E-state index in [0.29, 0.717) is 18.6 Å². The number of carbonyl (C=O) groups excluding carboxylic acids is 1. The predicted octanol–water partition coefficient (Wildman–Crippen LogP) is 6.46. The third-order valence-electron chi connectivity index (χ3n) is 6.09. The normalized spacial score (nSPS) is 19.3. The molecule has 0 N–H and O–H groups in total. The summed E-state index contributed by atoms with van der Waals surface area (Å²) in [6.45, 7) is 20.2. The van der Waals surface area contributed by atoms with E-state index in [0.717, 1.165) is 33.4 Å². The molecule has 1 aromatic rings. The maximum absolute atomic E-state index is 12.7. The van der Waals surface area contributed by atoms with Crippen molar-refractivity contribution in [2.45, 2.75) is 92.0 Å². The predicted molar refractivity (Wildman–Crippen MR) is 125 cm³/mol. The second kappa shape index (κ2) is 8.34. The van der Waals surface area contributed by atoms with E-state index in [9.17, 15) is 4.79 Å². The molecule has 0 aromatic carbocycles. The van der Waals surface area contributed by atoms with E-state index in [1.54, 1.807) is 0 Å². The van der Waals surface area contributed by atoms with Gasteiger partial charge in [-0.15, -0.1) is 0 Å². The summed E-state index contributed by atoms with van der Waals surface area (Å²) in [6.07, 6.45) is 2.54. The molecule has 0 saturated carbocycles. The first-order chi connectivity index (χ1) is 12.7. The minimum absolute atomic E-state index is 0.0295. The van der Waals surface area contributed by atoms with Gasteiger partial charge in [0.15, 0.2) is 8.32 Å². The Morgan fingerprint density at radius 1 is 1.29 bits per heavy atom. The van der Waals surface area contributed by atoms with Crippen LogP contribution in [0, 0.1) is 8.99 Å². The standard InChI is InChI=1S/C22H36INO3Si/c1-10-14-18(20(25)26-11-2)19(23)17-15(24-14)12-22(6,7)13-16(17)27-28(8,9)21(3,4)5/h16H,10-13H2,1-9H3. The van der Waals surface area contributed by atoms with E-state index in [2.05, 4.69) is 70.3 Å². The van der Waals surface area contributed by atoms with Gasteiger partial charge in [0.1, 0.15) is 0 Å². The average molecular weight is 518 g/mol. The lowest BCUT2D eigenvalue weighted by atomic mass is 9.74. The van der Waals surface area contributed by atoms with Gasteiger partial charge in [-0.3, -0.25) is 4.98 Å². The maximum Gasteiger partial charge on any atom is 0.341 e. The third kappa shape index (κ3) is 4.81. The molecule has 0 aliphatic heterocycles. The highest BCUT2D eigenvalue weighted by Gasteiger charge is 2.44. The summed E-state index contributed by atoms with van der Waals surface area (Å²) in [5.74, 6) is -0.269. The van der Waals surface area contributed by atoms with Crippen molar-refractivity contribution >= 4 is 36.9 Å². The largest absolute Gasteiger partial charge is 0.462 e. The summed E-state index contributed by atoms with van der Waals surface area (Å²) in [4.78, 5) is 17.7. The number of ether oxygens (including phenoxy) is 1. The van der Waals surface area contributed by atoms with Gasteiger partial charge in [-0.1, -0.05) is 41.5 Å². The van der Waals surface area contributed by atoms with Crippen molar-refractivity contribution in [1.82, 2.24) is 4.98 Å². The van der Waals surface area contributed by atoms with Crippen molar-refractivity contribution in [1.29, 1.82) is 0 Å². The highest BCUT2D eigenvalue weighted by Crippen LogP contribution is 2.48. The molecule has 158 valence electrons. The van der Waals surface area contributed by atoms with E-state index >= 15 is 0 Å². The molecule has 0 radical (unpaired) electrons. The van der Waals surface area contributed by atoms with Crippen molar-refractivity contribution < 1.29 is 14.0 Å². The Hall–Kier alpha value is -0.473. The number of aromatic nitrogens is 1. The second-order valence-corrected chi connectivity index (χ2v) is 15.9. The monoisotopic (exact) mass is 517 g/mol. The topological polar surface area (TPSA) is 48.4 Å². The molecule has 0 amide bonds. The van der Waals surface area contributed by atoms with Crippen LogP contribution in [0.25, 0.3) is 0 Å². The Labute approximate surface area is 185 Å². The first-order valence-corrected chi connectivity index (χ1v) is 14.3. The number of halogens is 1. The van der Waals surface area contributed by atoms with Gasteiger partial charge in [0, 0.05) is 14.8 Å². The molecule has 0 bridgehead atoms. The average Bonchev–Trinajstić information content (AvgIpc) is 2.51. The van der Waals surface area contributed by atoms with E-state index in [1.807, 2.05) is 13.8 Å². The van der Waals surface area contributed by atoms with Crippen molar-refractivity contribution in [3.63, 3.8) is 0 Å². The molecule has 28 heavy (non-hydrogen) atoms. The minimum Gasteiger partial charge on any atom is -0.462 e. The van der Waals surface area contributed by atoms with Crippen LogP contribution in [0.3, 0.4) is 0 Å². The summed E-state index contributed by atoms with van der Waals surface area (Å²) in [5.41, 5.74) is 3.80. The van der Waals surface area contributed by atoms with E-state index in [1.165, 1.54) is 0 Å². The van der Waals surface area contributed by atoms with Crippen LogP contribution in [0.4, 0.5) is 0 Å². The Kier molecular flexibility index (Phi) is 7.09. The fraction of sp³-hybridized carbons (Fsp3) is 0.727. The molecule has 6 heteroatoms. The molecule has 0 spiro atoms. The van der Waals surface area contributed by atoms with Crippen LogP contribution in [0.5, 0.6) is 0 Å². The van der Waals surface area contributed by atoms with E-state index in [-0.39, 0.29) is 22.5 Å². The number of rotatable bonds is 5. The van der Waals surface area contributed by atoms with Gasteiger partial charge in [-0.05, 0) is 72.3 Å². The first-order valence-electron chi connectivity index (χ1n) is 10.3. The quantitative estimate of drug-likeness (QED) is 0.256. The van der Waals surface area contributed by atoms with Gasteiger partial charge >= 0.3 is 5.97 Å². The second-order valence-electron chi connectivity index (χ2n) is 10.1. The van der Waals surface area contributed by atoms with Crippen LogP contribution in [0.15, 0.2) is 0 Å². The van der Waals surface area contributed by atoms with Crippen molar-refractivity contribution in [3.05, 3.63) is 26.1 Å². The molecule has 0 saturated heterocycles. The Bertz CT molecular complexity index is 753. The fourth-order valence-corrected chi connectivity index (χ4v) is 6.01. The van der Waals surface area contributed by atoms with Crippen LogP contribution < -0.4 is 0 Å². The summed E-state index contributed by atoms with van der Waals surface area (Å²) in [5, 5.41) is 0.126. The number of carbonyl (C=O) groups is 1. The lowest BCUT2D eigenvalue weighted by Crippen LogP contribution is -2.44. The molecule has 1 unspecified atom stereocenters. The molecule has 1 aliphatic carbocycles. The summed E-state index contributed by atoms with van der Waals surface area (Å²) < 4.78 is 13.2. The lowest BCUT2D eigenvalue weighted by Gasteiger charge is -2.44. The Morgan fingerprint density at radius 2 is 1.89 bits per heavy atom. The summed E-state index contributed by atoms with van der Waals surface area (Å²) >= 11 is 2.32. The number of hydrogen-bond donors (Lipinski definition) is 0. The number of fused-ring (bicyclic) bond motifs is 1. The minimum atomic E-state index is -1.98. The van der Waals surface area contributed by atoms with E-state index in [4.69, 9.17) is 14.1 Å². The molecule has 1 aromatic heterocycles. The third-order valence-corrected chi connectivity index (χ3v) is 11.7. The van der Waals surface area contributed by atoms with Crippen LogP contribution in [0.1, 0.15) is 88.3 Å².